The molecule has 1 atom stereocenters. The van der Waals surface area contributed by atoms with E-state index in [-0.39, 0.29) is 0 Å². The molecule has 4 nitrogen and oxygen atoms in total. The van der Waals surface area contributed by atoms with Crippen LogP contribution in [0.15, 0.2) is 12.3 Å². The first-order valence-corrected chi connectivity index (χ1v) is 5.40. The number of nitrogens with two attached hydrogens (primary N) is 1. The number of rotatable bonds is 5. The van der Waals surface area contributed by atoms with Crippen molar-refractivity contribution in [1.82, 2.24) is 9.97 Å². The molecule has 0 aliphatic heterocycles. The van der Waals surface area contributed by atoms with E-state index in [0.29, 0.717) is 12.5 Å². The van der Waals surface area contributed by atoms with Crippen molar-refractivity contribution in [2.45, 2.75) is 26.8 Å². The third kappa shape index (κ3) is 3.47. The van der Waals surface area contributed by atoms with Crippen molar-refractivity contribution < 1.29 is 0 Å². The fourth-order valence-corrected chi connectivity index (χ4v) is 1.36. The fraction of sp³-hybridized carbons (Fsp3) is 0.636. The summed E-state index contributed by atoms with van der Waals surface area (Å²) in [6, 6.07) is 1.85. The largest absolute Gasteiger partial charge is 0.344 e. The van der Waals surface area contributed by atoms with Gasteiger partial charge >= 0.3 is 0 Å². The van der Waals surface area contributed by atoms with Crippen molar-refractivity contribution in [3.8, 4) is 0 Å². The van der Waals surface area contributed by atoms with Crippen LogP contribution in [0.5, 0.6) is 0 Å². The third-order valence-electron chi connectivity index (χ3n) is 2.53. The molecule has 4 heteroatoms. The van der Waals surface area contributed by atoms with Gasteiger partial charge in [0.2, 0.25) is 5.95 Å². The van der Waals surface area contributed by atoms with E-state index in [1.807, 2.05) is 13.1 Å². The minimum absolute atomic E-state index is 0.465. The molecule has 1 aromatic heterocycles. The Morgan fingerprint density at radius 2 is 2.27 bits per heavy atom. The molecule has 1 rings (SSSR count). The number of aromatic nitrogens is 2. The zero-order chi connectivity index (χ0) is 11.3. The second-order valence-electron chi connectivity index (χ2n) is 3.95. The van der Waals surface area contributed by atoms with Crippen molar-refractivity contribution in [3.63, 3.8) is 0 Å². The maximum atomic E-state index is 5.54. The minimum atomic E-state index is 0.465. The maximum absolute atomic E-state index is 5.54. The Bertz CT molecular complexity index is 300. The van der Waals surface area contributed by atoms with Crippen molar-refractivity contribution in [1.29, 1.82) is 0 Å². The van der Waals surface area contributed by atoms with Gasteiger partial charge in [-0.25, -0.2) is 9.97 Å². The van der Waals surface area contributed by atoms with Crippen molar-refractivity contribution in [2.24, 2.45) is 11.7 Å². The average Bonchev–Trinajstić information content (AvgIpc) is 2.28. The van der Waals surface area contributed by atoms with Crippen LogP contribution in [-0.2, 0) is 6.54 Å². The monoisotopic (exact) mass is 208 g/mol. The number of anilines is 1. The first-order chi connectivity index (χ1) is 7.17. The summed E-state index contributed by atoms with van der Waals surface area (Å²) >= 11 is 0. The van der Waals surface area contributed by atoms with E-state index in [1.54, 1.807) is 6.20 Å². The van der Waals surface area contributed by atoms with Gasteiger partial charge in [0.15, 0.2) is 0 Å². The number of hydrogen-bond acceptors (Lipinski definition) is 4. The smallest absolute Gasteiger partial charge is 0.225 e. The van der Waals surface area contributed by atoms with Gasteiger partial charge in [0.05, 0.1) is 5.69 Å². The second kappa shape index (κ2) is 5.66. The summed E-state index contributed by atoms with van der Waals surface area (Å²) in [4.78, 5) is 10.7. The molecule has 1 aromatic rings. The molecular weight excluding hydrogens is 188 g/mol. The highest BCUT2D eigenvalue weighted by Crippen LogP contribution is 2.09. The molecule has 84 valence electrons. The second-order valence-corrected chi connectivity index (χ2v) is 3.95. The van der Waals surface area contributed by atoms with Crippen LogP contribution >= 0.6 is 0 Å². The molecule has 0 saturated heterocycles. The van der Waals surface area contributed by atoms with E-state index >= 15 is 0 Å². The Hall–Kier alpha value is -1.16. The summed E-state index contributed by atoms with van der Waals surface area (Å²) in [7, 11) is 2.02. The average molecular weight is 208 g/mol. The highest BCUT2D eigenvalue weighted by molar-refractivity contribution is 5.28. The van der Waals surface area contributed by atoms with Crippen molar-refractivity contribution in [2.75, 3.05) is 18.5 Å². The van der Waals surface area contributed by atoms with E-state index in [9.17, 15) is 0 Å². The van der Waals surface area contributed by atoms with Crippen LogP contribution in [0.3, 0.4) is 0 Å². The molecule has 15 heavy (non-hydrogen) atoms. The zero-order valence-corrected chi connectivity index (χ0v) is 9.77. The molecule has 1 unspecified atom stereocenters. The first-order valence-electron chi connectivity index (χ1n) is 5.40. The van der Waals surface area contributed by atoms with Gasteiger partial charge in [0.25, 0.3) is 0 Å². The van der Waals surface area contributed by atoms with Gasteiger partial charge in [0, 0.05) is 26.3 Å². The van der Waals surface area contributed by atoms with Crippen LogP contribution in [0.25, 0.3) is 0 Å². The van der Waals surface area contributed by atoms with E-state index in [0.717, 1.165) is 18.2 Å². The molecule has 0 fully saturated rings. The van der Waals surface area contributed by atoms with Crippen LogP contribution in [0, 0.1) is 5.92 Å². The lowest BCUT2D eigenvalue weighted by Crippen LogP contribution is -2.25. The molecule has 0 aliphatic carbocycles. The molecule has 0 aliphatic rings. The molecule has 0 aromatic carbocycles. The number of hydrogen-bond donors (Lipinski definition) is 1. The quantitative estimate of drug-likeness (QED) is 0.795. The Morgan fingerprint density at radius 3 is 2.87 bits per heavy atom. The van der Waals surface area contributed by atoms with Crippen molar-refractivity contribution >= 4 is 5.95 Å². The molecular formula is C11H20N4. The molecule has 0 spiro atoms. The third-order valence-corrected chi connectivity index (χ3v) is 2.53. The Labute approximate surface area is 91.5 Å². The lowest BCUT2D eigenvalue weighted by molar-refractivity contribution is 0.554. The lowest BCUT2D eigenvalue weighted by Gasteiger charge is -2.20. The summed E-state index contributed by atoms with van der Waals surface area (Å²) in [5.74, 6) is 1.42. The molecule has 0 bridgehead atoms. The molecule has 2 N–H and O–H groups in total. The van der Waals surface area contributed by atoms with Crippen LogP contribution in [0.2, 0.25) is 0 Å². The van der Waals surface area contributed by atoms with Crippen LogP contribution in [0.1, 0.15) is 26.0 Å². The van der Waals surface area contributed by atoms with Crippen LogP contribution in [0.4, 0.5) is 5.95 Å². The first kappa shape index (κ1) is 11.9. The van der Waals surface area contributed by atoms with Gasteiger partial charge in [-0.05, 0) is 12.0 Å². The van der Waals surface area contributed by atoms with Gasteiger partial charge in [-0.15, -0.1) is 0 Å². The zero-order valence-electron chi connectivity index (χ0n) is 9.77. The van der Waals surface area contributed by atoms with Crippen molar-refractivity contribution in [3.05, 3.63) is 18.0 Å². The topological polar surface area (TPSA) is 55.0 Å². The van der Waals surface area contributed by atoms with Gasteiger partial charge < -0.3 is 10.6 Å². The maximum Gasteiger partial charge on any atom is 0.225 e. The van der Waals surface area contributed by atoms with Gasteiger partial charge in [-0.3, -0.25) is 0 Å². The Balaban J connectivity index is 2.68. The van der Waals surface area contributed by atoms with E-state index < -0.39 is 0 Å². The highest BCUT2D eigenvalue weighted by atomic mass is 15.2. The summed E-state index contributed by atoms with van der Waals surface area (Å²) in [5.41, 5.74) is 6.42. The Morgan fingerprint density at radius 1 is 1.53 bits per heavy atom. The molecule has 0 saturated carbocycles. The summed E-state index contributed by atoms with van der Waals surface area (Å²) in [5, 5.41) is 0. The van der Waals surface area contributed by atoms with Crippen LogP contribution in [-0.4, -0.2) is 23.6 Å². The summed E-state index contributed by atoms with van der Waals surface area (Å²) < 4.78 is 0. The molecule has 0 radical (unpaired) electrons. The predicted octanol–water partition coefficient (Wildman–Crippen LogP) is 1.42. The standard InChI is InChI=1S/C11H20N4/c1-4-9(2)8-15(3)11-13-6-5-10(7-12)14-11/h5-6,9H,4,7-8,12H2,1-3H3. The van der Waals surface area contributed by atoms with E-state index in [2.05, 4.69) is 28.7 Å². The normalized spacial score (nSPS) is 12.5. The SMILES string of the molecule is CCC(C)CN(C)c1nccc(CN)n1. The summed E-state index contributed by atoms with van der Waals surface area (Å²) in [6.45, 7) is 5.86. The number of nitrogens with zero attached hydrogens (tertiary/aromatic N) is 3. The highest BCUT2D eigenvalue weighted by Gasteiger charge is 2.08. The minimum Gasteiger partial charge on any atom is -0.344 e. The Kier molecular flexibility index (Phi) is 4.49. The molecule has 1 heterocycles. The van der Waals surface area contributed by atoms with Gasteiger partial charge in [-0.1, -0.05) is 20.3 Å². The van der Waals surface area contributed by atoms with E-state index in [1.165, 1.54) is 6.42 Å². The van der Waals surface area contributed by atoms with Gasteiger partial charge in [0.1, 0.15) is 0 Å². The summed E-state index contributed by atoms with van der Waals surface area (Å²) in [6.07, 6.45) is 2.93. The molecule has 0 amide bonds. The van der Waals surface area contributed by atoms with Crippen LogP contribution < -0.4 is 10.6 Å². The van der Waals surface area contributed by atoms with E-state index in [4.69, 9.17) is 5.73 Å². The lowest BCUT2D eigenvalue weighted by atomic mass is 10.1. The van der Waals surface area contributed by atoms with Gasteiger partial charge in [-0.2, -0.15) is 0 Å². The fourth-order valence-electron chi connectivity index (χ4n) is 1.36. The predicted molar refractivity (Wildman–Crippen MR) is 62.6 cm³/mol.